The predicted molar refractivity (Wildman–Crippen MR) is 100 cm³/mol. The zero-order chi connectivity index (χ0) is 18.1. The summed E-state index contributed by atoms with van der Waals surface area (Å²) < 4.78 is 31.3. The van der Waals surface area contributed by atoms with Crippen molar-refractivity contribution in [2.45, 2.75) is 116 Å². The van der Waals surface area contributed by atoms with Gasteiger partial charge in [-0.15, -0.1) is 0 Å². The average Bonchev–Trinajstić information content (AvgIpc) is 2.49. The van der Waals surface area contributed by atoms with Gasteiger partial charge >= 0.3 is 51.4 Å². The molecule has 146 valence electrons. The summed E-state index contributed by atoms with van der Waals surface area (Å²) >= 11 is 0. The predicted octanol–water partition coefficient (Wildman–Crippen LogP) is 2.16. The van der Waals surface area contributed by atoms with E-state index in [9.17, 15) is 13.0 Å². The Morgan fingerprint density at radius 3 is 1.24 bits per heavy atom. The molecule has 1 N–H and O–H groups in total. The summed E-state index contributed by atoms with van der Waals surface area (Å²) in [6.07, 6.45) is 18.6. The van der Waals surface area contributed by atoms with Crippen molar-refractivity contribution in [1.82, 2.24) is 0 Å². The first-order chi connectivity index (χ1) is 11.4. The van der Waals surface area contributed by atoms with Gasteiger partial charge in [-0.3, -0.25) is 0 Å². The van der Waals surface area contributed by atoms with Crippen LogP contribution in [0.5, 0.6) is 0 Å². The van der Waals surface area contributed by atoms with Gasteiger partial charge in [0.25, 0.3) is 0 Å². The van der Waals surface area contributed by atoms with Gasteiger partial charge in [0, 0.05) is 5.75 Å². The Morgan fingerprint density at radius 1 is 0.680 bits per heavy atom. The van der Waals surface area contributed by atoms with Gasteiger partial charge in [0.2, 0.25) is 0 Å². The van der Waals surface area contributed by atoms with E-state index in [-0.39, 0.29) is 63.2 Å². The van der Waals surface area contributed by atoms with Crippen LogP contribution in [-0.4, -0.2) is 29.9 Å². The molecular weight excluding hydrogens is 363 g/mol. The van der Waals surface area contributed by atoms with Crippen molar-refractivity contribution >= 4 is 10.1 Å². The Balaban J connectivity index is 0. The molecule has 0 aliphatic carbocycles. The molecule has 4 nitrogen and oxygen atoms in total. The van der Waals surface area contributed by atoms with Gasteiger partial charge in [-0.1, -0.05) is 89.9 Å². The quantitative estimate of drug-likeness (QED) is 0.216. The molecule has 0 aliphatic heterocycles. The minimum absolute atomic E-state index is 0. The molecule has 1 atom stereocenters. The van der Waals surface area contributed by atoms with Gasteiger partial charge in [-0.2, -0.15) is 0 Å². The molecule has 0 aromatic heterocycles. The number of hydrogen-bond acceptors (Lipinski definition) is 4. The zero-order valence-corrected chi connectivity index (χ0v) is 20.6. The van der Waals surface area contributed by atoms with Crippen molar-refractivity contribution in [2.24, 2.45) is 0 Å². The maximum atomic E-state index is 10.4. The third-order valence-electron chi connectivity index (χ3n) is 4.52. The van der Waals surface area contributed by atoms with Crippen molar-refractivity contribution in [3.63, 3.8) is 0 Å². The third-order valence-corrected chi connectivity index (χ3v) is 5.30. The van der Waals surface area contributed by atoms with Gasteiger partial charge in [-0.05, 0) is 19.8 Å². The Bertz CT molecular complexity index is 358. The summed E-state index contributed by atoms with van der Waals surface area (Å²) in [5.74, 6) is -0.201. The van der Waals surface area contributed by atoms with Crippen LogP contribution < -0.4 is 51.4 Å². The fraction of sp³-hybridized carbons (Fsp3) is 1.00. The van der Waals surface area contributed by atoms with Gasteiger partial charge in [0.05, 0.1) is 16.2 Å². The summed E-state index contributed by atoms with van der Waals surface area (Å²) in [7, 11) is -4.01. The molecule has 1 unspecified atom stereocenters. The maximum Gasteiger partial charge on any atom is 1.00 e. The van der Waals surface area contributed by atoms with Crippen LogP contribution in [0.15, 0.2) is 0 Å². The minimum atomic E-state index is -4.01. The fourth-order valence-electron chi connectivity index (χ4n) is 3.02. The number of hydrogen-bond donors (Lipinski definition) is 1. The monoisotopic (exact) mass is 402 g/mol. The summed E-state index contributed by atoms with van der Waals surface area (Å²) in [5.41, 5.74) is 0. The molecule has 0 saturated carbocycles. The molecule has 0 rings (SSSR count). The summed E-state index contributed by atoms with van der Waals surface area (Å²) in [4.78, 5) is 0. The molecule has 25 heavy (non-hydrogen) atoms. The van der Waals surface area contributed by atoms with Gasteiger partial charge in [0.15, 0.2) is 0 Å². The number of aliphatic hydroxyl groups is 1. The van der Waals surface area contributed by atoms with Crippen LogP contribution in [0.3, 0.4) is 0 Å². The van der Waals surface area contributed by atoms with Crippen molar-refractivity contribution in [3.05, 3.63) is 0 Å². The molecule has 0 spiro atoms. The first-order valence-electron chi connectivity index (χ1n) is 10.0. The van der Waals surface area contributed by atoms with E-state index < -0.39 is 10.1 Å². The number of aliphatic hydroxyl groups excluding tert-OH is 1. The van der Waals surface area contributed by atoms with E-state index in [1.807, 2.05) is 6.92 Å². The molecule has 0 heterocycles. The van der Waals surface area contributed by atoms with Gasteiger partial charge < -0.3 is 9.66 Å². The molecule has 0 aromatic carbocycles. The van der Waals surface area contributed by atoms with Crippen LogP contribution in [0.1, 0.15) is 110 Å². The fourth-order valence-corrected chi connectivity index (χ4v) is 3.57. The topological polar surface area (TPSA) is 77.4 Å². The third kappa shape index (κ3) is 27.8. The summed E-state index contributed by atoms with van der Waals surface area (Å²) in [6, 6.07) is 0. The molecule has 0 saturated heterocycles. The Morgan fingerprint density at radius 2 is 0.960 bits per heavy atom. The van der Waals surface area contributed by atoms with E-state index in [1.54, 1.807) is 0 Å². The number of unbranched alkanes of at least 4 members (excludes halogenated alkanes) is 14. The minimum Gasteiger partial charge on any atom is -0.748 e. The van der Waals surface area contributed by atoms with Crippen molar-refractivity contribution < 1.29 is 69.5 Å². The van der Waals surface area contributed by atoms with Gasteiger partial charge in [-0.25, -0.2) is 8.42 Å². The van der Waals surface area contributed by atoms with Crippen LogP contribution in [0.2, 0.25) is 0 Å². The maximum absolute atomic E-state index is 10.4. The molecule has 0 bridgehead atoms. The second-order valence-electron chi connectivity index (χ2n) is 7.20. The van der Waals surface area contributed by atoms with Crippen molar-refractivity contribution in [1.29, 1.82) is 0 Å². The normalized spacial score (nSPS) is 12.8. The van der Waals surface area contributed by atoms with E-state index in [1.165, 1.54) is 64.2 Å². The van der Waals surface area contributed by atoms with Crippen molar-refractivity contribution in [2.75, 3.05) is 5.75 Å². The molecule has 6 heteroatoms. The summed E-state index contributed by atoms with van der Waals surface area (Å²) in [6.45, 7) is 1.86. The molecule has 0 aliphatic rings. The largest absolute Gasteiger partial charge is 1.00 e. The van der Waals surface area contributed by atoms with Crippen LogP contribution in [0, 0.1) is 0 Å². The first-order valence-corrected chi connectivity index (χ1v) is 11.6. The molecule has 0 amide bonds. The summed E-state index contributed by atoms with van der Waals surface area (Å²) in [5, 5.41) is 9.16. The van der Waals surface area contributed by atoms with E-state index >= 15 is 0 Å². The van der Waals surface area contributed by atoms with Crippen LogP contribution in [0.4, 0.5) is 0 Å². The smallest absolute Gasteiger partial charge is 0.748 e. The molecule has 0 radical (unpaired) electrons. The van der Waals surface area contributed by atoms with Crippen molar-refractivity contribution in [3.8, 4) is 0 Å². The first kappa shape index (κ1) is 28.7. The molecule has 0 aromatic rings. The van der Waals surface area contributed by atoms with E-state index in [4.69, 9.17) is 5.11 Å². The second kappa shape index (κ2) is 20.2. The van der Waals surface area contributed by atoms with Crippen LogP contribution in [0.25, 0.3) is 0 Å². The average molecular weight is 403 g/mol. The molecule has 0 fully saturated rings. The van der Waals surface area contributed by atoms with E-state index in [0.29, 0.717) is 6.42 Å². The Labute approximate surface area is 199 Å². The zero-order valence-electron chi connectivity index (χ0n) is 16.7. The van der Waals surface area contributed by atoms with E-state index in [0.717, 1.165) is 32.1 Å². The Hall–Kier alpha value is 1.51. The SMILES string of the molecule is CC(O)CCCCCCCCCCCCCCCCCS(=O)(=O)[O-].[K+]. The van der Waals surface area contributed by atoms with E-state index in [2.05, 4.69) is 0 Å². The molecular formula is C19H39KO4S. The standard InChI is InChI=1S/C19H40O4S.K/c1-19(20)17-15-13-11-9-7-5-3-2-4-6-8-10-12-14-16-18-24(21,22)23;/h19-20H,2-18H2,1H3,(H,21,22,23);/q;+1/p-1. The van der Waals surface area contributed by atoms with Crippen LogP contribution in [-0.2, 0) is 10.1 Å². The number of rotatable bonds is 18. The van der Waals surface area contributed by atoms with Crippen LogP contribution >= 0.6 is 0 Å². The van der Waals surface area contributed by atoms with Gasteiger partial charge in [0.1, 0.15) is 0 Å². The second-order valence-corrected chi connectivity index (χ2v) is 8.73. The Kier molecular flexibility index (Phi) is 23.3.